The molecule has 0 amide bonds. The summed E-state index contributed by atoms with van der Waals surface area (Å²) in [7, 11) is 1.80. The Balaban J connectivity index is 2.04. The smallest absolute Gasteiger partial charge is 0.312 e. The normalized spacial score (nSPS) is 12.1. The summed E-state index contributed by atoms with van der Waals surface area (Å²) in [5, 5.41) is 0. The Morgan fingerprint density at radius 3 is 2.89 bits per heavy atom. The van der Waals surface area contributed by atoms with Crippen LogP contribution in [-0.2, 0) is 9.53 Å². The number of thiocarbonyl (C=S) groups is 1. The molecule has 0 fully saturated rings. The van der Waals surface area contributed by atoms with E-state index < -0.39 is 0 Å². The van der Waals surface area contributed by atoms with Gasteiger partial charge in [0.05, 0.1) is 18.0 Å². The molecule has 0 aromatic heterocycles. The number of hydrogen-bond acceptors (Lipinski definition) is 5. The van der Waals surface area contributed by atoms with Gasteiger partial charge in [0.1, 0.15) is 0 Å². The Labute approximate surface area is 117 Å². The van der Waals surface area contributed by atoms with E-state index in [2.05, 4.69) is 0 Å². The molecule has 0 radical (unpaired) electrons. The fraction of sp³-hybridized carbons (Fsp3) is 0.385. The summed E-state index contributed by atoms with van der Waals surface area (Å²) in [6.07, 6.45) is 0.0914. The lowest BCUT2D eigenvalue weighted by Crippen LogP contribution is -2.27. The van der Waals surface area contributed by atoms with E-state index in [4.69, 9.17) is 26.4 Å². The standard InChI is InChI=1S/C13H15NO4S/c1-3-16-13(15)7-12(19)14(2)9-4-5-10-11(6-9)18-8-17-10/h4-6H,3,7-8H2,1-2H3. The highest BCUT2D eigenvalue weighted by Crippen LogP contribution is 2.35. The van der Waals surface area contributed by atoms with E-state index in [1.165, 1.54) is 0 Å². The van der Waals surface area contributed by atoms with Crippen LogP contribution in [0.15, 0.2) is 18.2 Å². The molecular formula is C13H15NO4S. The van der Waals surface area contributed by atoms with Crippen molar-refractivity contribution in [1.29, 1.82) is 0 Å². The first-order valence-electron chi connectivity index (χ1n) is 5.93. The molecule has 1 aromatic carbocycles. The van der Waals surface area contributed by atoms with Gasteiger partial charge in [-0.15, -0.1) is 0 Å². The zero-order valence-corrected chi connectivity index (χ0v) is 11.7. The van der Waals surface area contributed by atoms with Crippen LogP contribution in [0.3, 0.4) is 0 Å². The number of anilines is 1. The molecule has 0 aliphatic carbocycles. The summed E-state index contributed by atoms with van der Waals surface area (Å²) in [5.41, 5.74) is 0.846. The third kappa shape index (κ3) is 3.14. The Morgan fingerprint density at radius 1 is 1.42 bits per heavy atom. The van der Waals surface area contributed by atoms with E-state index in [1.807, 2.05) is 18.2 Å². The van der Waals surface area contributed by atoms with Crippen molar-refractivity contribution < 1.29 is 19.0 Å². The number of carbonyl (C=O) groups is 1. The van der Waals surface area contributed by atoms with Crippen LogP contribution in [0.1, 0.15) is 13.3 Å². The zero-order valence-electron chi connectivity index (χ0n) is 10.8. The van der Waals surface area contributed by atoms with Crippen molar-refractivity contribution in [1.82, 2.24) is 0 Å². The van der Waals surface area contributed by atoms with Crippen molar-refractivity contribution in [2.24, 2.45) is 0 Å². The van der Waals surface area contributed by atoms with Crippen LogP contribution in [0.5, 0.6) is 11.5 Å². The lowest BCUT2D eigenvalue weighted by Gasteiger charge is -2.19. The Bertz CT molecular complexity index is 503. The van der Waals surface area contributed by atoms with Crippen molar-refractivity contribution in [2.45, 2.75) is 13.3 Å². The summed E-state index contributed by atoms with van der Waals surface area (Å²) in [4.78, 5) is 13.7. The molecule has 1 aromatic rings. The molecule has 102 valence electrons. The van der Waals surface area contributed by atoms with Gasteiger partial charge in [0, 0.05) is 18.8 Å². The first kappa shape index (κ1) is 13.6. The van der Waals surface area contributed by atoms with Gasteiger partial charge in [-0.25, -0.2) is 0 Å². The molecule has 2 rings (SSSR count). The lowest BCUT2D eigenvalue weighted by molar-refractivity contribution is -0.141. The van der Waals surface area contributed by atoms with Gasteiger partial charge < -0.3 is 19.1 Å². The van der Waals surface area contributed by atoms with Crippen molar-refractivity contribution >= 4 is 28.9 Å². The van der Waals surface area contributed by atoms with Gasteiger partial charge in [0.2, 0.25) is 6.79 Å². The molecule has 0 unspecified atom stereocenters. The molecule has 0 N–H and O–H groups in total. The molecule has 1 heterocycles. The summed E-state index contributed by atoms with van der Waals surface area (Å²) in [6, 6.07) is 5.52. The quantitative estimate of drug-likeness (QED) is 0.622. The highest BCUT2D eigenvalue weighted by atomic mass is 32.1. The number of fused-ring (bicyclic) bond motifs is 1. The van der Waals surface area contributed by atoms with Gasteiger partial charge in [-0.1, -0.05) is 12.2 Å². The molecule has 0 spiro atoms. The van der Waals surface area contributed by atoms with Crippen LogP contribution in [0, 0.1) is 0 Å². The SMILES string of the molecule is CCOC(=O)CC(=S)N(C)c1ccc2c(c1)OCO2. The molecular weight excluding hydrogens is 266 g/mol. The summed E-state index contributed by atoms with van der Waals surface area (Å²) in [5.74, 6) is 1.08. The van der Waals surface area contributed by atoms with Crippen LogP contribution < -0.4 is 14.4 Å². The molecule has 19 heavy (non-hydrogen) atoms. The number of nitrogens with zero attached hydrogens (tertiary/aromatic N) is 1. The minimum Gasteiger partial charge on any atom is -0.466 e. The number of esters is 1. The number of rotatable bonds is 4. The largest absolute Gasteiger partial charge is 0.466 e. The molecule has 0 atom stereocenters. The van der Waals surface area contributed by atoms with E-state index in [-0.39, 0.29) is 19.2 Å². The summed E-state index contributed by atoms with van der Waals surface area (Å²) < 4.78 is 15.4. The highest BCUT2D eigenvalue weighted by Gasteiger charge is 2.17. The molecule has 0 bridgehead atoms. The summed E-state index contributed by atoms with van der Waals surface area (Å²) in [6.45, 7) is 2.35. The number of hydrogen-bond donors (Lipinski definition) is 0. The minimum absolute atomic E-state index is 0.0914. The van der Waals surface area contributed by atoms with Crippen LogP contribution in [-0.4, -0.2) is 31.4 Å². The van der Waals surface area contributed by atoms with Gasteiger partial charge in [0.25, 0.3) is 0 Å². The van der Waals surface area contributed by atoms with Crippen LogP contribution >= 0.6 is 12.2 Å². The lowest BCUT2D eigenvalue weighted by atomic mass is 10.2. The van der Waals surface area contributed by atoms with Gasteiger partial charge >= 0.3 is 5.97 Å². The summed E-state index contributed by atoms with van der Waals surface area (Å²) >= 11 is 5.23. The van der Waals surface area contributed by atoms with Crippen LogP contribution in [0.25, 0.3) is 0 Å². The van der Waals surface area contributed by atoms with Crippen molar-refractivity contribution in [3.05, 3.63) is 18.2 Å². The van der Waals surface area contributed by atoms with E-state index in [0.717, 1.165) is 5.69 Å². The average Bonchev–Trinajstić information content (AvgIpc) is 2.85. The Morgan fingerprint density at radius 2 is 2.16 bits per heavy atom. The molecule has 5 nitrogen and oxygen atoms in total. The van der Waals surface area contributed by atoms with E-state index in [9.17, 15) is 4.79 Å². The maximum atomic E-state index is 11.4. The fourth-order valence-corrected chi connectivity index (χ4v) is 1.92. The average molecular weight is 281 g/mol. The van der Waals surface area contributed by atoms with E-state index >= 15 is 0 Å². The zero-order chi connectivity index (χ0) is 13.8. The predicted molar refractivity (Wildman–Crippen MR) is 74.8 cm³/mol. The first-order valence-corrected chi connectivity index (χ1v) is 6.34. The Hall–Kier alpha value is -1.82. The topological polar surface area (TPSA) is 48.0 Å². The predicted octanol–water partition coefficient (Wildman–Crippen LogP) is 2.13. The molecule has 6 heteroatoms. The molecule has 0 saturated carbocycles. The Kier molecular flexibility index (Phi) is 4.21. The second kappa shape index (κ2) is 5.88. The van der Waals surface area contributed by atoms with Crippen LogP contribution in [0.4, 0.5) is 5.69 Å². The van der Waals surface area contributed by atoms with Gasteiger partial charge in [-0.2, -0.15) is 0 Å². The van der Waals surface area contributed by atoms with Crippen molar-refractivity contribution in [3.8, 4) is 11.5 Å². The van der Waals surface area contributed by atoms with Gasteiger partial charge in [-0.3, -0.25) is 4.79 Å². The maximum Gasteiger partial charge on any atom is 0.312 e. The van der Waals surface area contributed by atoms with Crippen LogP contribution in [0.2, 0.25) is 0 Å². The first-order chi connectivity index (χ1) is 9.11. The maximum absolute atomic E-state index is 11.4. The monoisotopic (exact) mass is 281 g/mol. The number of ether oxygens (including phenoxy) is 3. The second-order valence-corrected chi connectivity index (χ2v) is 4.44. The van der Waals surface area contributed by atoms with E-state index in [0.29, 0.717) is 23.1 Å². The number of carbonyl (C=O) groups excluding carboxylic acids is 1. The fourth-order valence-electron chi connectivity index (χ4n) is 1.69. The second-order valence-electron chi connectivity index (χ2n) is 3.97. The van der Waals surface area contributed by atoms with Gasteiger partial charge in [-0.05, 0) is 19.1 Å². The van der Waals surface area contributed by atoms with Gasteiger partial charge in [0.15, 0.2) is 11.5 Å². The van der Waals surface area contributed by atoms with Crippen molar-refractivity contribution in [3.63, 3.8) is 0 Å². The molecule has 0 saturated heterocycles. The van der Waals surface area contributed by atoms with E-state index in [1.54, 1.807) is 18.9 Å². The molecule has 1 aliphatic heterocycles. The highest BCUT2D eigenvalue weighted by molar-refractivity contribution is 7.80. The third-order valence-electron chi connectivity index (χ3n) is 2.72. The third-order valence-corrected chi connectivity index (χ3v) is 3.14. The van der Waals surface area contributed by atoms with Crippen molar-refractivity contribution in [2.75, 3.05) is 25.3 Å². The number of benzene rings is 1. The minimum atomic E-state index is -0.319. The molecule has 1 aliphatic rings.